The van der Waals surface area contributed by atoms with Crippen molar-refractivity contribution in [2.75, 3.05) is 0 Å². The smallest absolute Gasteiger partial charge is 0.185 e. The van der Waals surface area contributed by atoms with Crippen molar-refractivity contribution in [3.05, 3.63) is 18.2 Å². The van der Waals surface area contributed by atoms with Gasteiger partial charge in [0.25, 0.3) is 0 Å². The molecule has 1 spiro atoms. The second kappa shape index (κ2) is 4.26. The molecular formula is C13H18N2O2. The third kappa shape index (κ3) is 2.02. The Balaban J connectivity index is 1.65. The van der Waals surface area contributed by atoms with Crippen molar-refractivity contribution < 1.29 is 9.53 Å². The van der Waals surface area contributed by atoms with E-state index in [0.717, 1.165) is 19.3 Å². The summed E-state index contributed by atoms with van der Waals surface area (Å²) < 4.78 is 8.11. The van der Waals surface area contributed by atoms with Crippen LogP contribution in [0.3, 0.4) is 0 Å². The molecule has 17 heavy (non-hydrogen) atoms. The number of aldehydes is 1. The molecule has 2 heterocycles. The van der Waals surface area contributed by atoms with Gasteiger partial charge in [0.1, 0.15) is 0 Å². The van der Waals surface area contributed by atoms with Crippen LogP contribution in [0.2, 0.25) is 0 Å². The van der Waals surface area contributed by atoms with Crippen molar-refractivity contribution in [1.82, 2.24) is 9.55 Å². The van der Waals surface area contributed by atoms with Gasteiger partial charge in [-0.05, 0) is 25.7 Å². The lowest BCUT2D eigenvalue weighted by Gasteiger charge is -2.24. The minimum atomic E-state index is 0.173. The molecule has 0 bridgehead atoms. The zero-order valence-electron chi connectivity index (χ0n) is 9.97. The number of hydrogen-bond donors (Lipinski definition) is 0. The van der Waals surface area contributed by atoms with Gasteiger partial charge in [-0.2, -0.15) is 0 Å². The second-order valence-corrected chi connectivity index (χ2v) is 5.22. The third-order valence-electron chi connectivity index (χ3n) is 4.11. The first-order valence-corrected chi connectivity index (χ1v) is 6.45. The summed E-state index contributed by atoms with van der Waals surface area (Å²) in [5.74, 6) is 0.501. The molecule has 1 aromatic rings. The van der Waals surface area contributed by atoms with Crippen LogP contribution in [0.5, 0.6) is 0 Å². The van der Waals surface area contributed by atoms with Crippen molar-refractivity contribution in [3.63, 3.8) is 0 Å². The van der Waals surface area contributed by atoms with Crippen LogP contribution in [-0.2, 0) is 11.3 Å². The lowest BCUT2D eigenvalue weighted by atomic mass is 9.98. The average Bonchev–Trinajstić information content (AvgIpc) is 3.03. The SMILES string of the molecule is O=Cc1nccn1CC1CCC2(CCCC2)O1. The first-order valence-electron chi connectivity index (χ1n) is 6.45. The molecule has 1 aliphatic heterocycles. The molecule has 1 unspecified atom stereocenters. The fraction of sp³-hybridized carbons (Fsp3) is 0.692. The molecule has 1 aliphatic carbocycles. The van der Waals surface area contributed by atoms with Gasteiger partial charge in [-0.15, -0.1) is 0 Å². The van der Waals surface area contributed by atoms with Crippen LogP contribution in [-0.4, -0.2) is 27.5 Å². The number of aromatic nitrogens is 2. The number of nitrogens with zero attached hydrogens (tertiary/aromatic N) is 2. The number of carbonyl (C=O) groups excluding carboxylic acids is 1. The van der Waals surface area contributed by atoms with Gasteiger partial charge in [0.2, 0.25) is 0 Å². The Morgan fingerprint density at radius 2 is 2.29 bits per heavy atom. The van der Waals surface area contributed by atoms with Crippen molar-refractivity contribution in [1.29, 1.82) is 0 Å². The maximum atomic E-state index is 10.8. The van der Waals surface area contributed by atoms with Crippen LogP contribution in [0.25, 0.3) is 0 Å². The van der Waals surface area contributed by atoms with E-state index in [9.17, 15) is 4.79 Å². The van der Waals surface area contributed by atoms with Gasteiger partial charge in [0.05, 0.1) is 18.2 Å². The van der Waals surface area contributed by atoms with Crippen LogP contribution in [0.4, 0.5) is 0 Å². The van der Waals surface area contributed by atoms with Crippen LogP contribution in [0.15, 0.2) is 12.4 Å². The van der Waals surface area contributed by atoms with Crippen molar-refractivity contribution in [2.45, 2.75) is 56.8 Å². The highest BCUT2D eigenvalue weighted by Gasteiger charge is 2.42. The Bertz CT molecular complexity index is 407. The number of carbonyl (C=O) groups is 1. The predicted molar refractivity (Wildman–Crippen MR) is 62.9 cm³/mol. The molecule has 0 amide bonds. The predicted octanol–water partition coefficient (Wildman–Crippen LogP) is 2.19. The number of hydrogen-bond acceptors (Lipinski definition) is 3. The lowest BCUT2D eigenvalue weighted by Crippen LogP contribution is -2.26. The maximum Gasteiger partial charge on any atom is 0.185 e. The van der Waals surface area contributed by atoms with Crippen LogP contribution in [0, 0.1) is 0 Å². The van der Waals surface area contributed by atoms with E-state index in [-0.39, 0.29) is 11.7 Å². The third-order valence-corrected chi connectivity index (χ3v) is 4.11. The monoisotopic (exact) mass is 234 g/mol. The maximum absolute atomic E-state index is 10.8. The summed E-state index contributed by atoms with van der Waals surface area (Å²) >= 11 is 0. The summed E-state index contributed by atoms with van der Waals surface area (Å²) in [6.45, 7) is 0.760. The summed E-state index contributed by atoms with van der Waals surface area (Å²) in [6, 6.07) is 0. The van der Waals surface area contributed by atoms with E-state index >= 15 is 0 Å². The molecule has 1 saturated heterocycles. The quantitative estimate of drug-likeness (QED) is 0.753. The highest BCUT2D eigenvalue weighted by molar-refractivity contribution is 5.69. The Labute approximate surface area is 101 Å². The standard InChI is InChI=1S/C13H18N2O2/c16-10-12-14-7-8-15(12)9-11-3-6-13(17-11)4-1-2-5-13/h7-8,10-11H,1-6,9H2. The lowest BCUT2D eigenvalue weighted by molar-refractivity contribution is -0.0419. The van der Waals surface area contributed by atoms with Crippen LogP contribution < -0.4 is 0 Å². The fourth-order valence-electron chi connectivity index (χ4n) is 3.22. The van der Waals surface area contributed by atoms with Crippen LogP contribution in [0.1, 0.15) is 49.1 Å². The van der Waals surface area contributed by atoms with Gasteiger partial charge in [-0.1, -0.05) is 12.8 Å². The Morgan fingerprint density at radius 3 is 3.06 bits per heavy atom. The van der Waals surface area contributed by atoms with Gasteiger partial charge >= 0.3 is 0 Å². The largest absolute Gasteiger partial charge is 0.370 e. The van der Waals surface area contributed by atoms with E-state index in [1.807, 2.05) is 10.8 Å². The molecule has 92 valence electrons. The summed E-state index contributed by atoms with van der Waals surface area (Å²) in [4.78, 5) is 14.8. The van der Waals surface area contributed by atoms with E-state index in [4.69, 9.17) is 4.74 Å². The summed E-state index contributed by atoms with van der Waals surface area (Å²) in [5, 5.41) is 0. The Hall–Kier alpha value is -1.16. The Morgan fingerprint density at radius 1 is 1.47 bits per heavy atom. The highest BCUT2D eigenvalue weighted by Crippen LogP contribution is 2.43. The van der Waals surface area contributed by atoms with Gasteiger partial charge < -0.3 is 9.30 Å². The number of imidazole rings is 1. The van der Waals surface area contributed by atoms with E-state index in [1.165, 1.54) is 32.1 Å². The zero-order chi connectivity index (χ0) is 11.7. The first kappa shape index (κ1) is 11.0. The molecule has 0 radical (unpaired) electrons. The minimum Gasteiger partial charge on any atom is -0.370 e. The van der Waals surface area contributed by atoms with E-state index < -0.39 is 0 Å². The molecule has 0 N–H and O–H groups in total. The van der Waals surface area contributed by atoms with Gasteiger partial charge in [0, 0.05) is 12.4 Å². The molecule has 0 aromatic carbocycles. The van der Waals surface area contributed by atoms with E-state index in [2.05, 4.69) is 4.98 Å². The van der Waals surface area contributed by atoms with Gasteiger partial charge in [-0.3, -0.25) is 4.79 Å². The van der Waals surface area contributed by atoms with Crippen LogP contribution >= 0.6 is 0 Å². The normalized spacial score (nSPS) is 26.7. The number of ether oxygens (including phenoxy) is 1. The molecule has 2 fully saturated rings. The molecule has 1 aromatic heterocycles. The summed E-state index contributed by atoms with van der Waals surface area (Å²) in [7, 11) is 0. The molecule has 3 rings (SSSR count). The molecular weight excluding hydrogens is 216 g/mol. The van der Waals surface area contributed by atoms with Gasteiger partial charge in [0.15, 0.2) is 12.1 Å². The zero-order valence-corrected chi connectivity index (χ0v) is 9.97. The topological polar surface area (TPSA) is 44.1 Å². The average molecular weight is 234 g/mol. The molecule has 2 aliphatic rings. The highest BCUT2D eigenvalue weighted by atomic mass is 16.5. The minimum absolute atomic E-state index is 0.173. The summed E-state index contributed by atoms with van der Waals surface area (Å²) in [5.41, 5.74) is 0.173. The van der Waals surface area contributed by atoms with Crippen molar-refractivity contribution >= 4 is 6.29 Å². The van der Waals surface area contributed by atoms with Crippen molar-refractivity contribution in [2.24, 2.45) is 0 Å². The van der Waals surface area contributed by atoms with Crippen molar-refractivity contribution in [3.8, 4) is 0 Å². The van der Waals surface area contributed by atoms with E-state index in [1.54, 1.807) is 6.20 Å². The van der Waals surface area contributed by atoms with E-state index in [0.29, 0.717) is 5.82 Å². The second-order valence-electron chi connectivity index (χ2n) is 5.22. The first-order chi connectivity index (χ1) is 8.31. The molecule has 4 heteroatoms. The summed E-state index contributed by atoms with van der Waals surface area (Å²) in [6.07, 6.45) is 11.9. The van der Waals surface area contributed by atoms with Gasteiger partial charge in [-0.25, -0.2) is 4.98 Å². The number of rotatable bonds is 3. The fourth-order valence-corrected chi connectivity index (χ4v) is 3.22. The Kier molecular flexibility index (Phi) is 2.74. The molecule has 1 atom stereocenters. The molecule has 4 nitrogen and oxygen atoms in total. The molecule has 1 saturated carbocycles.